The summed E-state index contributed by atoms with van der Waals surface area (Å²) in [5.41, 5.74) is 0.505. The second-order valence-corrected chi connectivity index (χ2v) is 7.09. The number of hydrogen-bond donors (Lipinski definition) is 0. The molecule has 1 aliphatic heterocycles. The summed E-state index contributed by atoms with van der Waals surface area (Å²) in [6.45, 7) is 6.45. The standard InChI is InChI=1S/C22H23NO4/c1-22(2,23-12-14-27-15-13-23)21(26)18-10-8-17(9-11-18)20(25)19(24)16-6-4-3-5-7-16/h3-11H,12-15H2,1-2H3. The molecule has 0 amide bonds. The Labute approximate surface area is 158 Å². The largest absolute Gasteiger partial charge is 0.379 e. The van der Waals surface area contributed by atoms with E-state index in [1.54, 1.807) is 54.6 Å². The first-order chi connectivity index (χ1) is 12.9. The van der Waals surface area contributed by atoms with Gasteiger partial charge in [-0.25, -0.2) is 0 Å². The van der Waals surface area contributed by atoms with Crippen molar-refractivity contribution in [1.82, 2.24) is 4.90 Å². The van der Waals surface area contributed by atoms with Crippen molar-refractivity contribution in [2.24, 2.45) is 0 Å². The van der Waals surface area contributed by atoms with Crippen molar-refractivity contribution in [3.63, 3.8) is 0 Å². The maximum Gasteiger partial charge on any atom is 0.233 e. The first kappa shape index (κ1) is 19.1. The van der Waals surface area contributed by atoms with E-state index in [1.165, 1.54) is 0 Å². The fourth-order valence-corrected chi connectivity index (χ4v) is 3.24. The number of morpholine rings is 1. The van der Waals surface area contributed by atoms with Crippen LogP contribution in [0.5, 0.6) is 0 Å². The summed E-state index contributed by atoms with van der Waals surface area (Å²) < 4.78 is 5.36. The molecular formula is C22H23NO4. The van der Waals surface area contributed by atoms with E-state index >= 15 is 0 Å². The predicted octanol–water partition coefficient (Wildman–Crippen LogP) is 3.05. The minimum Gasteiger partial charge on any atom is -0.379 e. The summed E-state index contributed by atoms with van der Waals surface area (Å²) in [5.74, 6) is -1.14. The Balaban J connectivity index is 1.75. The zero-order chi connectivity index (χ0) is 19.4. The van der Waals surface area contributed by atoms with Crippen LogP contribution in [0.25, 0.3) is 0 Å². The molecule has 3 rings (SSSR count). The summed E-state index contributed by atoms with van der Waals surface area (Å²) in [5, 5.41) is 0. The van der Waals surface area contributed by atoms with E-state index in [0.29, 0.717) is 37.4 Å². The zero-order valence-electron chi connectivity index (χ0n) is 15.6. The van der Waals surface area contributed by atoms with Gasteiger partial charge in [0.2, 0.25) is 11.6 Å². The molecule has 2 aromatic carbocycles. The van der Waals surface area contributed by atoms with E-state index in [9.17, 15) is 14.4 Å². The number of Topliss-reactive ketones (excluding diaryl/α,β-unsaturated/α-hetero) is 3. The lowest BCUT2D eigenvalue weighted by Gasteiger charge is -2.39. The quantitative estimate of drug-likeness (QED) is 0.582. The maximum atomic E-state index is 13.0. The maximum absolute atomic E-state index is 13.0. The number of ketones is 3. The molecule has 0 aliphatic carbocycles. The van der Waals surface area contributed by atoms with E-state index in [-0.39, 0.29) is 11.3 Å². The first-order valence-corrected chi connectivity index (χ1v) is 9.03. The Morgan fingerprint density at radius 3 is 1.81 bits per heavy atom. The van der Waals surface area contributed by atoms with Gasteiger partial charge in [0.1, 0.15) is 0 Å². The average molecular weight is 365 g/mol. The highest BCUT2D eigenvalue weighted by Gasteiger charge is 2.36. The van der Waals surface area contributed by atoms with Crippen molar-refractivity contribution in [3.05, 3.63) is 71.3 Å². The van der Waals surface area contributed by atoms with Crippen LogP contribution in [0.4, 0.5) is 0 Å². The molecule has 1 fully saturated rings. The summed E-state index contributed by atoms with van der Waals surface area (Å²) in [6.07, 6.45) is 0. The molecule has 1 aliphatic rings. The molecule has 0 spiro atoms. The Hall–Kier alpha value is -2.63. The Bertz CT molecular complexity index is 834. The highest BCUT2D eigenvalue weighted by atomic mass is 16.5. The van der Waals surface area contributed by atoms with Crippen LogP contribution in [0.1, 0.15) is 44.9 Å². The molecule has 2 aromatic rings. The van der Waals surface area contributed by atoms with Crippen LogP contribution in [0.2, 0.25) is 0 Å². The molecular weight excluding hydrogens is 342 g/mol. The summed E-state index contributed by atoms with van der Waals surface area (Å²) >= 11 is 0. The number of hydrogen-bond acceptors (Lipinski definition) is 5. The van der Waals surface area contributed by atoms with E-state index in [4.69, 9.17) is 4.74 Å². The molecule has 5 nitrogen and oxygen atoms in total. The van der Waals surface area contributed by atoms with Gasteiger partial charge in [-0.3, -0.25) is 19.3 Å². The van der Waals surface area contributed by atoms with Gasteiger partial charge in [0, 0.05) is 29.8 Å². The third-order valence-corrected chi connectivity index (χ3v) is 5.01. The Kier molecular flexibility index (Phi) is 5.63. The summed E-state index contributed by atoms with van der Waals surface area (Å²) in [7, 11) is 0. The third-order valence-electron chi connectivity index (χ3n) is 5.01. The zero-order valence-corrected chi connectivity index (χ0v) is 15.6. The Morgan fingerprint density at radius 1 is 0.778 bits per heavy atom. The molecule has 0 N–H and O–H groups in total. The summed E-state index contributed by atoms with van der Waals surface area (Å²) in [6, 6.07) is 14.8. The van der Waals surface area contributed by atoms with Crippen LogP contribution in [-0.2, 0) is 4.74 Å². The van der Waals surface area contributed by atoms with Crippen LogP contribution >= 0.6 is 0 Å². The fourth-order valence-electron chi connectivity index (χ4n) is 3.24. The number of ether oxygens (including phenoxy) is 1. The van der Waals surface area contributed by atoms with Gasteiger partial charge in [-0.2, -0.15) is 0 Å². The number of carbonyl (C=O) groups is 3. The van der Waals surface area contributed by atoms with E-state index in [0.717, 1.165) is 0 Å². The minimum atomic E-state index is -0.658. The van der Waals surface area contributed by atoms with Gasteiger partial charge in [-0.1, -0.05) is 54.6 Å². The van der Waals surface area contributed by atoms with Crippen LogP contribution in [0.15, 0.2) is 54.6 Å². The van der Waals surface area contributed by atoms with Crippen LogP contribution in [-0.4, -0.2) is 54.1 Å². The van der Waals surface area contributed by atoms with Gasteiger partial charge in [-0.05, 0) is 13.8 Å². The molecule has 27 heavy (non-hydrogen) atoms. The smallest absolute Gasteiger partial charge is 0.233 e. The number of benzene rings is 2. The molecule has 0 unspecified atom stereocenters. The third kappa shape index (κ3) is 4.04. The van der Waals surface area contributed by atoms with E-state index < -0.39 is 17.1 Å². The lowest BCUT2D eigenvalue weighted by Crippen LogP contribution is -2.54. The second-order valence-electron chi connectivity index (χ2n) is 7.09. The van der Waals surface area contributed by atoms with Crippen LogP contribution in [0.3, 0.4) is 0 Å². The van der Waals surface area contributed by atoms with Crippen molar-refractivity contribution < 1.29 is 19.1 Å². The minimum absolute atomic E-state index is 0.0159. The normalized spacial score (nSPS) is 15.3. The lowest BCUT2D eigenvalue weighted by atomic mass is 9.90. The van der Waals surface area contributed by atoms with Crippen molar-refractivity contribution in [2.45, 2.75) is 19.4 Å². The monoisotopic (exact) mass is 365 g/mol. The molecule has 0 saturated carbocycles. The molecule has 0 aromatic heterocycles. The van der Waals surface area contributed by atoms with Gasteiger partial charge < -0.3 is 4.74 Å². The SMILES string of the molecule is CC(C)(C(=O)c1ccc(C(=O)C(=O)c2ccccc2)cc1)N1CCOCC1. The van der Waals surface area contributed by atoms with Gasteiger partial charge in [-0.15, -0.1) is 0 Å². The van der Waals surface area contributed by atoms with Gasteiger partial charge in [0.15, 0.2) is 5.78 Å². The highest BCUT2D eigenvalue weighted by Crippen LogP contribution is 2.22. The molecule has 140 valence electrons. The number of carbonyl (C=O) groups excluding carboxylic acids is 3. The topological polar surface area (TPSA) is 63.7 Å². The molecule has 1 heterocycles. The molecule has 0 atom stereocenters. The number of rotatable bonds is 6. The van der Waals surface area contributed by atoms with Gasteiger partial charge in [0.25, 0.3) is 0 Å². The Morgan fingerprint density at radius 2 is 1.26 bits per heavy atom. The average Bonchev–Trinajstić information content (AvgIpc) is 2.73. The highest BCUT2D eigenvalue weighted by molar-refractivity contribution is 6.49. The van der Waals surface area contributed by atoms with Crippen molar-refractivity contribution in [2.75, 3.05) is 26.3 Å². The van der Waals surface area contributed by atoms with Gasteiger partial charge in [0.05, 0.1) is 18.8 Å². The molecule has 1 saturated heterocycles. The molecule has 5 heteroatoms. The van der Waals surface area contributed by atoms with E-state index in [2.05, 4.69) is 4.90 Å². The van der Waals surface area contributed by atoms with Gasteiger partial charge >= 0.3 is 0 Å². The van der Waals surface area contributed by atoms with Crippen LogP contribution in [0, 0.1) is 0 Å². The second kappa shape index (κ2) is 7.94. The van der Waals surface area contributed by atoms with E-state index in [1.807, 2.05) is 13.8 Å². The fraction of sp³-hybridized carbons (Fsp3) is 0.318. The first-order valence-electron chi connectivity index (χ1n) is 9.03. The van der Waals surface area contributed by atoms with Crippen molar-refractivity contribution >= 4 is 17.3 Å². The predicted molar refractivity (Wildman–Crippen MR) is 102 cm³/mol. The number of nitrogens with zero attached hydrogens (tertiary/aromatic N) is 1. The van der Waals surface area contributed by atoms with Crippen molar-refractivity contribution in [3.8, 4) is 0 Å². The molecule has 0 radical (unpaired) electrons. The molecule has 0 bridgehead atoms. The summed E-state index contributed by atoms with van der Waals surface area (Å²) in [4.78, 5) is 39.8. The van der Waals surface area contributed by atoms with Crippen LogP contribution < -0.4 is 0 Å². The van der Waals surface area contributed by atoms with Crippen molar-refractivity contribution in [1.29, 1.82) is 0 Å². The lowest BCUT2D eigenvalue weighted by molar-refractivity contribution is -0.00430.